The van der Waals surface area contributed by atoms with E-state index in [1.54, 1.807) is 0 Å². The van der Waals surface area contributed by atoms with Crippen LogP contribution in [-0.2, 0) is 11.3 Å². The molecule has 0 spiro atoms. The summed E-state index contributed by atoms with van der Waals surface area (Å²) in [6.07, 6.45) is 20.6. The zero-order valence-electron chi connectivity index (χ0n) is 24.4. The molecule has 0 N–H and O–H groups in total. The standard InChI is InChI=1S/C34H54N2O/c1-5-26-22-27-29(33(3)15-7-6-10-28(26)33)14-17-34(4)30(27)13-16-32(34,2)18-21-37-24-25-11-12-31(35-23-25)36-19-8-9-20-36/h11-12,23,26-30H,5-10,13-22,24H2,1-4H3/t26-,27?,28?,29-,30?,32?,33?,34?/m0/s1. The molecule has 3 nitrogen and oxygen atoms in total. The minimum absolute atomic E-state index is 0.423. The highest BCUT2D eigenvalue weighted by Gasteiger charge is 2.63. The van der Waals surface area contributed by atoms with Crippen molar-refractivity contribution in [2.45, 2.75) is 118 Å². The maximum absolute atomic E-state index is 6.31. The fourth-order valence-electron chi connectivity index (χ4n) is 10.9. The SMILES string of the molecule is CC[C@H]1CC2C3CCC(C)(CCOCc4ccc(N5CCCC5)nc4)C3(C)CC[C@@H]2C2(C)CCCCC12. The van der Waals surface area contributed by atoms with Crippen molar-refractivity contribution < 1.29 is 4.74 Å². The summed E-state index contributed by atoms with van der Waals surface area (Å²) in [5, 5.41) is 0. The molecule has 0 radical (unpaired) electrons. The number of pyridine rings is 1. The monoisotopic (exact) mass is 506 g/mol. The van der Waals surface area contributed by atoms with Gasteiger partial charge in [0.15, 0.2) is 0 Å². The van der Waals surface area contributed by atoms with E-state index in [0.717, 1.165) is 55.1 Å². The van der Waals surface area contributed by atoms with Gasteiger partial charge >= 0.3 is 0 Å². The predicted octanol–water partition coefficient (Wildman–Crippen LogP) is 8.66. The molecule has 1 aliphatic heterocycles. The van der Waals surface area contributed by atoms with E-state index < -0.39 is 0 Å². The van der Waals surface area contributed by atoms with Gasteiger partial charge in [-0.1, -0.05) is 53.0 Å². The van der Waals surface area contributed by atoms with Crippen molar-refractivity contribution in [2.75, 3.05) is 24.6 Å². The topological polar surface area (TPSA) is 25.4 Å². The first-order chi connectivity index (χ1) is 17.9. The molecular formula is C34H54N2O. The number of aromatic nitrogens is 1. The Kier molecular flexibility index (Phi) is 7.17. The molecule has 4 saturated carbocycles. The minimum Gasteiger partial charge on any atom is -0.377 e. The lowest BCUT2D eigenvalue weighted by molar-refractivity contribution is -0.147. The van der Waals surface area contributed by atoms with Gasteiger partial charge in [-0.3, -0.25) is 0 Å². The lowest BCUT2D eigenvalue weighted by Crippen LogP contribution is -2.56. The molecule has 1 aromatic heterocycles. The van der Waals surface area contributed by atoms with Crippen molar-refractivity contribution in [1.29, 1.82) is 0 Å². The van der Waals surface area contributed by atoms with Gasteiger partial charge in [0, 0.05) is 25.9 Å². The first-order valence-corrected chi connectivity index (χ1v) is 16.2. The number of ether oxygens (including phenoxy) is 1. The molecule has 6 rings (SSSR count). The Morgan fingerprint density at radius 3 is 2.49 bits per heavy atom. The van der Waals surface area contributed by atoms with Crippen LogP contribution in [0, 0.1) is 45.8 Å². The van der Waals surface area contributed by atoms with Gasteiger partial charge in [0.2, 0.25) is 0 Å². The fraction of sp³-hybridized carbons (Fsp3) is 0.853. The smallest absolute Gasteiger partial charge is 0.128 e. The molecular weight excluding hydrogens is 452 g/mol. The number of rotatable bonds is 7. The zero-order valence-corrected chi connectivity index (χ0v) is 24.4. The van der Waals surface area contributed by atoms with Crippen LogP contribution in [-0.4, -0.2) is 24.7 Å². The van der Waals surface area contributed by atoms with Gasteiger partial charge in [0.1, 0.15) is 5.82 Å². The Labute approximate surface area is 227 Å². The normalized spacial score (nSPS) is 43.4. The molecule has 206 valence electrons. The van der Waals surface area contributed by atoms with Crippen LogP contribution < -0.4 is 4.90 Å². The van der Waals surface area contributed by atoms with Gasteiger partial charge in [-0.15, -0.1) is 0 Å². The third kappa shape index (κ3) is 4.38. The molecule has 2 heterocycles. The lowest BCUT2D eigenvalue weighted by atomic mass is 9.41. The summed E-state index contributed by atoms with van der Waals surface area (Å²) in [7, 11) is 0. The van der Waals surface area contributed by atoms with Crippen molar-refractivity contribution in [3.63, 3.8) is 0 Å². The van der Waals surface area contributed by atoms with E-state index in [0.29, 0.717) is 22.9 Å². The summed E-state index contributed by atoms with van der Waals surface area (Å²) in [6, 6.07) is 4.42. The van der Waals surface area contributed by atoms with Gasteiger partial charge in [-0.2, -0.15) is 0 Å². The van der Waals surface area contributed by atoms with Crippen LogP contribution in [0.15, 0.2) is 18.3 Å². The van der Waals surface area contributed by atoms with E-state index in [1.807, 2.05) is 6.20 Å². The summed E-state index contributed by atoms with van der Waals surface area (Å²) < 4.78 is 6.31. The van der Waals surface area contributed by atoms with Crippen LogP contribution >= 0.6 is 0 Å². The zero-order chi connectivity index (χ0) is 25.7. The Hall–Kier alpha value is -1.09. The van der Waals surface area contributed by atoms with Gasteiger partial charge in [0.05, 0.1) is 6.61 Å². The molecule has 8 atom stereocenters. The molecule has 5 fully saturated rings. The van der Waals surface area contributed by atoms with Crippen molar-refractivity contribution in [3.05, 3.63) is 23.9 Å². The highest BCUT2D eigenvalue weighted by Crippen LogP contribution is 2.71. The summed E-state index contributed by atoms with van der Waals surface area (Å²) >= 11 is 0. The summed E-state index contributed by atoms with van der Waals surface area (Å²) in [6.45, 7) is 14.5. The van der Waals surface area contributed by atoms with Crippen LogP contribution in [0.3, 0.4) is 0 Å². The Morgan fingerprint density at radius 1 is 0.919 bits per heavy atom. The molecule has 37 heavy (non-hydrogen) atoms. The van der Waals surface area contributed by atoms with Gasteiger partial charge < -0.3 is 9.64 Å². The third-order valence-corrected chi connectivity index (χ3v) is 13.4. The van der Waals surface area contributed by atoms with Crippen LogP contribution in [0.5, 0.6) is 0 Å². The first kappa shape index (κ1) is 26.1. The lowest BCUT2D eigenvalue weighted by Gasteiger charge is -2.63. The van der Waals surface area contributed by atoms with Crippen molar-refractivity contribution in [1.82, 2.24) is 4.98 Å². The van der Waals surface area contributed by atoms with E-state index >= 15 is 0 Å². The number of nitrogens with zero attached hydrogens (tertiary/aromatic N) is 2. The summed E-state index contributed by atoms with van der Waals surface area (Å²) in [5.41, 5.74) is 2.76. The van der Waals surface area contributed by atoms with Gasteiger partial charge in [-0.25, -0.2) is 4.98 Å². The Balaban J connectivity index is 1.08. The average molecular weight is 507 g/mol. The Morgan fingerprint density at radius 2 is 1.73 bits per heavy atom. The van der Waals surface area contributed by atoms with E-state index in [2.05, 4.69) is 44.7 Å². The molecule has 1 aromatic rings. The highest BCUT2D eigenvalue weighted by molar-refractivity contribution is 5.40. The molecule has 0 bridgehead atoms. The van der Waals surface area contributed by atoms with E-state index in [9.17, 15) is 0 Å². The maximum Gasteiger partial charge on any atom is 0.128 e. The third-order valence-electron chi connectivity index (χ3n) is 13.4. The van der Waals surface area contributed by atoms with Crippen LogP contribution in [0.2, 0.25) is 0 Å². The van der Waals surface area contributed by atoms with Crippen molar-refractivity contribution in [2.24, 2.45) is 45.8 Å². The second kappa shape index (κ2) is 10.1. The van der Waals surface area contributed by atoms with Crippen LogP contribution in [0.4, 0.5) is 5.82 Å². The van der Waals surface area contributed by atoms with Gasteiger partial charge in [-0.05, 0) is 122 Å². The predicted molar refractivity (Wildman–Crippen MR) is 154 cm³/mol. The number of hydrogen-bond donors (Lipinski definition) is 0. The second-order valence-electron chi connectivity index (χ2n) is 14.7. The van der Waals surface area contributed by atoms with Crippen LogP contribution in [0.1, 0.15) is 117 Å². The highest BCUT2D eigenvalue weighted by atomic mass is 16.5. The molecule has 6 unspecified atom stereocenters. The number of anilines is 1. The second-order valence-corrected chi connectivity index (χ2v) is 14.7. The van der Waals surface area contributed by atoms with Crippen LogP contribution in [0.25, 0.3) is 0 Å². The molecule has 5 aliphatic rings. The number of fused-ring (bicyclic) bond motifs is 5. The fourth-order valence-corrected chi connectivity index (χ4v) is 10.9. The Bertz CT molecular complexity index is 924. The minimum atomic E-state index is 0.423. The maximum atomic E-state index is 6.31. The number of hydrogen-bond acceptors (Lipinski definition) is 3. The quantitative estimate of drug-likeness (QED) is 0.346. The molecule has 4 aliphatic carbocycles. The summed E-state index contributed by atoms with van der Waals surface area (Å²) in [5.74, 6) is 6.04. The van der Waals surface area contributed by atoms with Crippen molar-refractivity contribution >= 4 is 5.82 Å². The van der Waals surface area contributed by atoms with E-state index in [4.69, 9.17) is 9.72 Å². The molecule has 3 heteroatoms. The molecule has 0 amide bonds. The first-order valence-electron chi connectivity index (χ1n) is 16.2. The summed E-state index contributed by atoms with van der Waals surface area (Å²) in [4.78, 5) is 7.13. The van der Waals surface area contributed by atoms with Crippen molar-refractivity contribution in [3.8, 4) is 0 Å². The van der Waals surface area contributed by atoms with Gasteiger partial charge in [0.25, 0.3) is 0 Å². The van der Waals surface area contributed by atoms with E-state index in [1.165, 1.54) is 89.0 Å². The largest absolute Gasteiger partial charge is 0.377 e. The average Bonchev–Trinajstić information content (AvgIpc) is 3.53. The molecule has 0 aromatic carbocycles. The molecule has 1 saturated heterocycles. The van der Waals surface area contributed by atoms with E-state index in [-0.39, 0.29) is 0 Å².